The number of hydrogen-bond acceptors (Lipinski definition) is 7. The van der Waals surface area contributed by atoms with Gasteiger partial charge in [0.05, 0.1) is 23.3 Å². The second-order valence-electron chi connectivity index (χ2n) is 11.6. The minimum Gasteiger partial charge on any atom is -0.444 e. The highest BCUT2D eigenvalue weighted by Gasteiger charge is 2.38. The van der Waals surface area contributed by atoms with Crippen LogP contribution in [0.25, 0.3) is 11.0 Å². The monoisotopic (exact) mass is 544 g/mol. The lowest BCUT2D eigenvalue weighted by atomic mass is 10.0. The number of aromatic nitrogens is 2. The first kappa shape index (κ1) is 27.2. The Kier molecular flexibility index (Phi) is 7.17. The van der Waals surface area contributed by atoms with E-state index in [1.54, 1.807) is 32.4 Å². The number of amides is 3. The Morgan fingerprint density at radius 1 is 1.05 bits per heavy atom. The summed E-state index contributed by atoms with van der Waals surface area (Å²) in [6.45, 7) is 8.46. The number of hydrogen-bond donors (Lipinski definition) is 1. The fraction of sp³-hybridized carbons (Fsp3) is 0.630. The van der Waals surface area contributed by atoms with Gasteiger partial charge in [0.15, 0.2) is 0 Å². The SMILES string of the molecule is Cn1c(=O)n(C2CCC(=O)NC2=O)c2cccc(N3CCN([C@@H]4CCN(C(=O)OC(C)(C)C)C[C@@H]4F)CC3)c21. The highest BCUT2D eigenvalue weighted by atomic mass is 19.1. The number of anilines is 1. The molecule has 3 atom stereocenters. The van der Waals surface area contributed by atoms with Gasteiger partial charge in [-0.05, 0) is 45.7 Å². The first-order chi connectivity index (χ1) is 18.4. The number of carbonyl (C=O) groups is 3. The van der Waals surface area contributed by atoms with E-state index >= 15 is 4.39 Å². The Morgan fingerprint density at radius 2 is 1.77 bits per heavy atom. The van der Waals surface area contributed by atoms with Crippen LogP contribution in [0.5, 0.6) is 0 Å². The van der Waals surface area contributed by atoms with Gasteiger partial charge in [-0.1, -0.05) is 6.07 Å². The summed E-state index contributed by atoms with van der Waals surface area (Å²) in [5, 5.41) is 2.34. The van der Waals surface area contributed by atoms with Crippen LogP contribution in [0.1, 0.15) is 46.1 Å². The highest BCUT2D eigenvalue weighted by Crippen LogP contribution is 2.31. The van der Waals surface area contributed by atoms with Gasteiger partial charge in [0, 0.05) is 52.2 Å². The predicted molar refractivity (Wildman–Crippen MR) is 143 cm³/mol. The van der Waals surface area contributed by atoms with Crippen molar-refractivity contribution in [1.29, 1.82) is 0 Å². The van der Waals surface area contributed by atoms with Gasteiger partial charge < -0.3 is 14.5 Å². The molecule has 3 aliphatic rings. The maximum Gasteiger partial charge on any atom is 0.410 e. The van der Waals surface area contributed by atoms with Crippen LogP contribution in [0.2, 0.25) is 0 Å². The Hall–Kier alpha value is -3.41. The summed E-state index contributed by atoms with van der Waals surface area (Å²) in [5.74, 6) is -0.785. The number of ether oxygens (including phenoxy) is 1. The maximum absolute atomic E-state index is 15.2. The van der Waals surface area contributed by atoms with E-state index in [2.05, 4.69) is 15.1 Å². The van der Waals surface area contributed by atoms with Crippen LogP contribution in [0.15, 0.2) is 23.0 Å². The Balaban J connectivity index is 1.29. The van der Waals surface area contributed by atoms with Crippen LogP contribution >= 0.6 is 0 Å². The Bertz CT molecular complexity index is 1340. The highest BCUT2D eigenvalue weighted by molar-refractivity contribution is 6.00. The van der Waals surface area contributed by atoms with Crippen molar-refractivity contribution in [3.05, 3.63) is 28.7 Å². The summed E-state index contributed by atoms with van der Waals surface area (Å²) >= 11 is 0. The molecule has 0 spiro atoms. The van der Waals surface area contributed by atoms with Crippen LogP contribution in [0, 0.1) is 0 Å². The van der Waals surface area contributed by atoms with Crippen molar-refractivity contribution in [3.8, 4) is 0 Å². The number of fused-ring (bicyclic) bond motifs is 1. The summed E-state index contributed by atoms with van der Waals surface area (Å²) in [6.07, 6.45) is -0.628. The maximum atomic E-state index is 15.2. The molecule has 39 heavy (non-hydrogen) atoms. The summed E-state index contributed by atoms with van der Waals surface area (Å²) in [7, 11) is 1.69. The largest absolute Gasteiger partial charge is 0.444 e. The second-order valence-corrected chi connectivity index (χ2v) is 11.6. The summed E-state index contributed by atoms with van der Waals surface area (Å²) in [4.78, 5) is 55.6. The van der Waals surface area contributed by atoms with Crippen LogP contribution < -0.4 is 15.9 Å². The van der Waals surface area contributed by atoms with E-state index in [-0.39, 0.29) is 37.0 Å². The van der Waals surface area contributed by atoms with Crippen molar-refractivity contribution < 1.29 is 23.5 Å². The molecule has 1 aromatic heterocycles. The quantitative estimate of drug-likeness (QED) is 0.587. The van der Waals surface area contributed by atoms with E-state index in [1.165, 1.54) is 9.47 Å². The van der Waals surface area contributed by atoms with Crippen molar-refractivity contribution in [2.75, 3.05) is 44.2 Å². The number of piperidine rings is 2. The van der Waals surface area contributed by atoms with Crippen molar-refractivity contribution in [1.82, 2.24) is 24.3 Å². The number of nitrogens with one attached hydrogen (secondary N) is 1. The van der Waals surface area contributed by atoms with Gasteiger partial charge >= 0.3 is 11.8 Å². The van der Waals surface area contributed by atoms with Crippen molar-refractivity contribution >= 4 is 34.6 Å². The number of para-hydroxylation sites is 1. The van der Waals surface area contributed by atoms with Crippen molar-refractivity contribution in [2.45, 2.75) is 63.9 Å². The van der Waals surface area contributed by atoms with Gasteiger partial charge in [0.1, 0.15) is 17.8 Å². The van der Waals surface area contributed by atoms with Gasteiger partial charge in [-0.3, -0.25) is 28.9 Å². The molecule has 1 aromatic carbocycles. The molecule has 0 radical (unpaired) electrons. The third-order valence-corrected chi connectivity index (χ3v) is 7.89. The number of aryl methyl sites for hydroxylation is 1. The Morgan fingerprint density at radius 3 is 2.41 bits per heavy atom. The van der Waals surface area contributed by atoms with Crippen LogP contribution in [-0.4, -0.2) is 93.9 Å². The zero-order chi connectivity index (χ0) is 28.1. The molecule has 3 fully saturated rings. The molecule has 1 N–H and O–H groups in total. The van der Waals surface area contributed by atoms with E-state index in [1.807, 2.05) is 18.2 Å². The molecule has 12 heteroatoms. The van der Waals surface area contributed by atoms with Crippen LogP contribution in [-0.2, 0) is 21.4 Å². The topological polar surface area (TPSA) is 109 Å². The standard InChI is InChI=1S/C27H37FN6O5/c1-27(2,3)39-26(38)33-11-10-18(17(28)16-33)31-12-14-32(15-13-31)19-6-5-7-20-23(19)30(4)25(37)34(20)21-8-9-22(35)29-24(21)36/h5-7,17-18,21H,8-16H2,1-4H3,(H,29,35,36)/t17-,18+,21?/m0/s1. The van der Waals surface area contributed by atoms with E-state index in [0.717, 1.165) is 11.2 Å². The molecule has 3 amide bonds. The molecule has 5 rings (SSSR count). The second kappa shape index (κ2) is 10.3. The average molecular weight is 545 g/mol. The molecule has 2 aromatic rings. The van der Waals surface area contributed by atoms with Crippen molar-refractivity contribution in [3.63, 3.8) is 0 Å². The number of nitrogens with zero attached hydrogens (tertiary/aromatic N) is 5. The molecular weight excluding hydrogens is 507 g/mol. The number of imide groups is 1. The molecule has 0 aliphatic carbocycles. The third-order valence-electron chi connectivity index (χ3n) is 7.89. The first-order valence-corrected chi connectivity index (χ1v) is 13.6. The van der Waals surface area contributed by atoms with E-state index in [4.69, 9.17) is 4.74 Å². The molecule has 3 aliphatic heterocycles. The molecule has 212 valence electrons. The number of imidazole rings is 1. The summed E-state index contributed by atoms with van der Waals surface area (Å²) < 4.78 is 23.7. The van der Waals surface area contributed by atoms with Gasteiger partial charge in [0.2, 0.25) is 11.8 Å². The predicted octanol–water partition coefficient (Wildman–Crippen LogP) is 1.79. The number of piperazine rings is 1. The minimum absolute atomic E-state index is 0.0229. The molecule has 4 heterocycles. The smallest absolute Gasteiger partial charge is 0.410 e. The minimum atomic E-state index is -1.16. The van der Waals surface area contributed by atoms with Gasteiger partial charge in [-0.15, -0.1) is 0 Å². The number of carbonyl (C=O) groups excluding carboxylic acids is 3. The molecule has 0 bridgehead atoms. The lowest BCUT2D eigenvalue weighted by molar-refractivity contribution is -0.135. The van der Waals surface area contributed by atoms with Gasteiger partial charge in [0.25, 0.3) is 0 Å². The molecule has 1 unspecified atom stereocenters. The lowest BCUT2D eigenvalue weighted by Crippen LogP contribution is -2.58. The first-order valence-electron chi connectivity index (χ1n) is 13.6. The molecule has 3 saturated heterocycles. The normalized spacial score (nSPS) is 25.2. The average Bonchev–Trinajstić information content (AvgIpc) is 3.13. The fourth-order valence-corrected chi connectivity index (χ4v) is 5.99. The van der Waals surface area contributed by atoms with Crippen molar-refractivity contribution in [2.24, 2.45) is 7.05 Å². The summed E-state index contributed by atoms with van der Waals surface area (Å²) in [6, 6.07) is 4.66. The van der Waals surface area contributed by atoms with Crippen LogP contribution in [0.4, 0.5) is 14.9 Å². The molecule has 0 saturated carbocycles. The summed E-state index contributed by atoms with van der Waals surface area (Å²) in [5.41, 5.74) is 1.34. The fourth-order valence-electron chi connectivity index (χ4n) is 5.99. The lowest BCUT2D eigenvalue weighted by Gasteiger charge is -2.44. The number of likely N-dealkylation sites (tertiary alicyclic amines) is 1. The zero-order valence-electron chi connectivity index (χ0n) is 23.0. The zero-order valence-corrected chi connectivity index (χ0v) is 23.0. The van der Waals surface area contributed by atoms with E-state index in [0.29, 0.717) is 44.7 Å². The van der Waals surface area contributed by atoms with Crippen LogP contribution in [0.3, 0.4) is 0 Å². The van der Waals surface area contributed by atoms with E-state index < -0.39 is 29.8 Å². The van der Waals surface area contributed by atoms with E-state index in [9.17, 15) is 19.2 Å². The molecule has 11 nitrogen and oxygen atoms in total. The Labute approximate surface area is 226 Å². The molecular formula is C27H37FN6O5. The van der Waals surface area contributed by atoms with Gasteiger partial charge in [-0.2, -0.15) is 0 Å². The third kappa shape index (κ3) is 5.26. The number of alkyl halides is 1. The number of rotatable bonds is 3. The number of halogens is 1. The number of benzene rings is 1. The van der Waals surface area contributed by atoms with Gasteiger partial charge in [-0.25, -0.2) is 14.0 Å².